The lowest BCUT2D eigenvalue weighted by Gasteiger charge is -2.05. The van der Waals surface area contributed by atoms with Crippen LogP contribution in [0.4, 0.5) is 4.39 Å². The standard InChI is InChI=1S/C18H14FNO2S/c1-11-16(17(21)12-3-7-14(19)8-4-12)18(23-20-11)13-5-9-15(22-2)10-6-13/h3-10H,1-2H3. The monoisotopic (exact) mass is 327 g/mol. The third kappa shape index (κ3) is 3.00. The summed E-state index contributed by atoms with van der Waals surface area (Å²) >= 11 is 1.28. The number of methoxy groups -OCH3 is 1. The fourth-order valence-corrected chi connectivity index (χ4v) is 3.21. The summed E-state index contributed by atoms with van der Waals surface area (Å²) in [4.78, 5) is 13.6. The average molecular weight is 327 g/mol. The Labute approximate surface area is 137 Å². The highest BCUT2D eigenvalue weighted by atomic mass is 32.1. The molecule has 5 heteroatoms. The summed E-state index contributed by atoms with van der Waals surface area (Å²) in [5, 5.41) is 0. The molecule has 3 aromatic rings. The number of carbonyl (C=O) groups excluding carboxylic acids is 1. The number of ketones is 1. The number of benzene rings is 2. The van der Waals surface area contributed by atoms with Crippen molar-refractivity contribution in [2.45, 2.75) is 6.92 Å². The molecule has 0 aliphatic carbocycles. The third-order valence-corrected chi connectivity index (χ3v) is 4.54. The molecule has 3 rings (SSSR count). The van der Waals surface area contributed by atoms with Crippen molar-refractivity contribution < 1.29 is 13.9 Å². The van der Waals surface area contributed by atoms with E-state index >= 15 is 0 Å². The smallest absolute Gasteiger partial charge is 0.196 e. The van der Waals surface area contributed by atoms with E-state index in [1.54, 1.807) is 14.0 Å². The minimum Gasteiger partial charge on any atom is -0.497 e. The Morgan fingerprint density at radius 3 is 2.35 bits per heavy atom. The number of rotatable bonds is 4. The Morgan fingerprint density at radius 1 is 1.09 bits per heavy atom. The van der Waals surface area contributed by atoms with E-state index in [9.17, 15) is 9.18 Å². The number of ether oxygens (including phenoxy) is 1. The minimum absolute atomic E-state index is 0.151. The maximum absolute atomic E-state index is 13.1. The van der Waals surface area contributed by atoms with Gasteiger partial charge in [0.15, 0.2) is 5.78 Å². The van der Waals surface area contributed by atoms with Crippen LogP contribution in [0.1, 0.15) is 21.6 Å². The van der Waals surface area contributed by atoms with Crippen molar-refractivity contribution in [3.63, 3.8) is 0 Å². The van der Waals surface area contributed by atoms with Gasteiger partial charge in [-0.15, -0.1) is 0 Å². The van der Waals surface area contributed by atoms with E-state index in [0.29, 0.717) is 16.8 Å². The predicted octanol–water partition coefficient (Wildman–Crippen LogP) is 4.50. The first-order chi connectivity index (χ1) is 11.1. The third-order valence-electron chi connectivity index (χ3n) is 3.55. The van der Waals surface area contributed by atoms with Gasteiger partial charge in [0.2, 0.25) is 0 Å². The molecule has 116 valence electrons. The van der Waals surface area contributed by atoms with Crippen LogP contribution in [-0.2, 0) is 0 Å². The fourth-order valence-electron chi connectivity index (χ4n) is 2.32. The largest absolute Gasteiger partial charge is 0.497 e. The molecule has 3 nitrogen and oxygen atoms in total. The maximum Gasteiger partial charge on any atom is 0.196 e. The zero-order valence-corrected chi connectivity index (χ0v) is 13.5. The first kappa shape index (κ1) is 15.4. The molecule has 23 heavy (non-hydrogen) atoms. The van der Waals surface area contributed by atoms with Crippen molar-refractivity contribution in [2.24, 2.45) is 0 Å². The summed E-state index contributed by atoms with van der Waals surface area (Å²) in [7, 11) is 1.61. The van der Waals surface area contributed by atoms with Crippen LogP contribution < -0.4 is 4.74 Å². The van der Waals surface area contributed by atoms with Gasteiger partial charge in [0.05, 0.1) is 23.2 Å². The van der Waals surface area contributed by atoms with Gasteiger partial charge in [-0.25, -0.2) is 4.39 Å². The zero-order valence-electron chi connectivity index (χ0n) is 12.7. The van der Waals surface area contributed by atoms with Gasteiger partial charge in [-0.3, -0.25) is 4.79 Å². The number of aromatic nitrogens is 1. The molecular weight excluding hydrogens is 313 g/mol. The van der Waals surface area contributed by atoms with E-state index in [0.717, 1.165) is 16.2 Å². The highest BCUT2D eigenvalue weighted by molar-refractivity contribution is 7.10. The average Bonchev–Trinajstić information content (AvgIpc) is 2.96. The van der Waals surface area contributed by atoms with E-state index in [1.807, 2.05) is 24.3 Å². The SMILES string of the molecule is COc1ccc(-c2snc(C)c2C(=O)c2ccc(F)cc2)cc1. The Balaban J connectivity index is 2.04. The first-order valence-electron chi connectivity index (χ1n) is 7.01. The molecule has 0 saturated carbocycles. The molecular formula is C18H14FNO2S. The zero-order chi connectivity index (χ0) is 16.4. The molecule has 0 aliphatic rings. The fraction of sp³-hybridized carbons (Fsp3) is 0.111. The van der Waals surface area contributed by atoms with Crippen molar-refractivity contribution in [3.05, 3.63) is 71.2 Å². The molecule has 0 N–H and O–H groups in total. The molecule has 0 saturated heterocycles. The summed E-state index contributed by atoms with van der Waals surface area (Å²) in [6, 6.07) is 13.0. The molecule has 0 unspecified atom stereocenters. The lowest BCUT2D eigenvalue weighted by atomic mass is 9.99. The maximum atomic E-state index is 13.1. The number of hydrogen-bond acceptors (Lipinski definition) is 4. The summed E-state index contributed by atoms with van der Waals surface area (Å²) in [5.41, 5.74) is 2.59. The molecule has 0 atom stereocenters. The Morgan fingerprint density at radius 2 is 1.74 bits per heavy atom. The van der Waals surface area contributed by atoms with Crippen LogP contribution in [0.3, 0.4) is 0 Å². The van der Waals surface area contributed by atoms with Gasteiger partial charge < -0.3 is 4.74 Å². The van der Waals surface area contributed by atoms with Crippen LogP contribution >= 0.6 is 11.5 Å². The van der Waals surface area contributed by atoms with Gasteiger partial charge in [-0.2, -0.15) is 4.37 Å². The molecule has 0 radical (unpaired) electrons. The van der Waals surface area contributed by atoms with Crippen LogP contribution in [0.5, 0.6) is 5.75 Å². The second-order valence-corrected chi connectivity index (χ2v) is 5.81. The molecule has 0 spiro atoms. The quantitative estimate of drug-likeness (QED) is 0.662. The first-order valence-corrected chi connectivity index (χ1v) is 7.78. The summed E-state index contributed by atoms with van der Waals surface area (Å²) in [6.45, 7) is 1.81. The second-order valence-electron chi connectivity index (χ2n) is 5.04. The van der Waals surface area contributed by atoms with Crippen molar-refractivity contribution in [3.8, 4) is 16.2 Å². The Hall–Kier alpha value is -2.53. The van der Waals surface area contributed by atoms with Gasteiger partial charge >= 0.3 is 0 Å². The summed E-state index contributed by atoms with van der Waals surface area (Å²) in [6.07, 6.45) is 0. The lowest BCUT2D eigenvalue weighted by molar-refractivity contribution is 0.103. The molecule has 2 aromatic carbocycles. The van der Waals surface area contributed by atoms with Crippen LogP contribution in [0.2, 0.25) is 0 Å². The van der Waals surface area contributed by atoms with Crippen LogP contribution in [0, 0.1) is 12.7 Å². The van der Waals surface area contributed by atoms with E-state index in [2.05, 4.69) is 4.37 Å². The van der Waals surface area contributed by atoms with E-state index in [1.165, 1.54) is 35.8 Å². The Kier molecular flexibility index (Phi) is 4.21. The number of halogens is 1. The van der Waals surface area contributed by atoms with E-state index in [-0.39, 0.29) is 11.6 Å². The molecule has 1 heterocycles. The van der Waals surface area contributed by atoms with Crippen LogP contribution in [0.25, 0.3) is 10.4 Å². The summed E-state index contributed by atoms with van der Waals surface area (Å²) < 4.78 is 22.5. The normalized spacial score (nSPS) is 10.6. The van der Waals surface area contributed by atoms with E-state index in [4.69, 9.17) is 4.74 Å². The van der Waals surface area contributed by atoms with Gasteiger partial charge in [-0.1, -0.05) is 0 Å². The topological polar surface area (TPSA) is 39.2 Å². The predicted molar refractivity (Wildman–Crippen MR) is 88.7 cm³/mol. The van der Waals surface area contributed by atoms with Crippen LogP contribution in [0.15, 0.2) is 48.5 Å². The van der Waals surface area contributed by atoms with Gasteiger partial charge in [-0.05, 0) is 72.6 Å². The molecule has 1 aromatic heterocycles. The number of nitrogens with zero attached hydrogens (tertiary/aromatic N) is 1. The lowest BCUT2D eigenvalue weighted by Crippen LogP contribution is -2.03. The number of hydrogen-bond donors (Lipinski definition) is 0. The van der Waals surface area contributed by atoms with Crippen molar-refractivity contribution >= 4 is 17.3 Å². The molecule has 0 fully saturated rings. The van der Waals surface area contributed by atoms with Crippen LogP contribution in [-0.4, -0.2) is 17.3 Å². The number of aryl methyl sites for hydroxylation is 1. The molecule has 0 bridgehead atoms. The van der Waals surface area contributed by atoms with Crippen molar-refractivity contribution in [1.29, 1.82) is 0 Å². The van der Waals surface area contributed by atoms with Crippen molar-refractivity contribution in [2.75, 3.05) is 7.11 Å². The molecule has 0 amide bonds. The Bertz CT molecular complexity index is 838. The van der Waals surface area contributed by atoms with E-state index < -0.39 is 0 Å². The van der Waals surface area contributed by atoms with Gasteiger partial charge in [0.25, 0.3) is 0 Å². The second kappa shape index (κ2) is 6.30. The highest BCUT2D eigenvalue weighted by Crippen LogP contribution is 2.33. The van der Waals surface area contributed by atoms with Gasteiger partial charge in [0.1, 0.15) is 11.6 Å². The molecule has 0 aliphatic heterocycles. The van der Waals surface area contributed by atoms with Crippen molar-refractivity contribution in [1.82, 2.24) is 4.37 Å². The van der Waals surface area contributed by atoms with Gasteiger partial charge in [0, 0.05) is 5.56 Å². The highest BCUT2D eigenvalue weighted by Gasteiger charge is 2.21. The minimum atomic E-state index is -0.364. The summed E-state index contributed by atoms with van der Waals surface area (Å²) in [5.74, 6) is 0.237. The number of carbonyl (C=O) groups is 1.